The quantitative estimate of drug-likeness (QED) is 0.498. The summed E-state index contributed by atoms with van der Waals surface area (Å²) in [5, 5.41) is 10.2. The van der Waals surface area contributed by atoms with E-state index in [9.17, 15) is 0 Å². The summed E-state index contributed by atoms with van der Waals surface area (Å²) in [4.78, 5) is 10.6. The molecule has 7 nitrogen and oxygen atoms in total. The van der Waals surface area contributed by atoms with Crippen LogP contribution in [0.5, 0.6) is 5.75 Å². The summed E-state index contributed by atoms with van der Waals surface area (Å²) < 4.78 is 5.75. The standard InChI is InChI=1S/C20H24N6O/c1-21-20(26(2)11-12-27-18-9-4-3-5-10-18)22-14-16-7-6-8-17(13-16)19-23-15-24-25-19/h3-10,13,15H,11-12,14H2,1-2H3,(H,21,22)(H,23,24,25). The number of nitrogens with one attached hydrogen (secondary N) is 2. The Kier molecular flexibility index (Phi) is 6.40. The number of aliphatic imine (C=N–C) groups is 1. The summed E-state index contributed by atoms with van der Waals surface area (Å²) in [6.07, 6.45) is 1.51. The molecule has 0 saturated carbocycles. The maximum atomic E-state index is 5.75. The molecular formula is C20H24N6O. The molecule has 0 aliphatic carbocycles. The monoisotopic (exact) mass is 364 g/mol. The molecule has 7 heteroatoms. The minimum atomic E-state index is 0.586. The van der Waals surface area contributed by atoms with Crippen LogP contribution in [0.3, 0.4) is 0 Å². The van der Waals surface area contributed by atoms with E-state index in [4.69, 9.17) is 4.74 Å². The zero-order valence-corrected chi connectivity index (χ0v) is 15.6. The first-order chi connectivity index (χ1) is 13.3. The number of benzene rings is 2. The Morgan fingerprint density at radius 2 is 2.04 bits per heavy atom. The number of guanidine groups is 1. The number of aromatic amines is 1. The number of H-pyrrole nitrogens is 1. The van der Waals surface area contributed by atoms with Gasteiger partial charge in [-0.05, 0) is 23.8 Å². The Bertz CT molecular complexity index is 848. The second-order valence-electron chi connectivity index (χ2n) is 6.02. The number of ether oxygens (including phenoxy) is 1. The normalized spacial score (nSPS) is 11.3. The minimum absolute atomic E-state index is 0.586. The third kappa shape index (κ3) is 5.31. The molecule has 2 aromatic carbocycles. The van der Waals surface area contributed by atoms with Gasteiger partial charge in [0.2, 0.25) is 0 Å². The van der Waals surface area contributed by atoms with Gasteiger partial charge < -0.3 is 15.0 Å². The smallest absolute Gasteiger partial charge is 0.193 e. The van der Waals surface area contributed by atoms with E-state index in [-0.39, 0.29) is 0 Å². The third-order valence-electron chi connectivity index (χ3n) is 4.08. The van der Waals surface area contributed by atoms with E-state index in [1.807, 2.05) is 54.4 Å². The van der Waals surface area contributed by atoms with Gasteiger partial charge in [-0.25, -0.2) is 4.98 Å². The first kappa shape index (κ1) is 18.4. The number of para-hydroxylation sites is 1. The molecule has 0 aliphatic rings. The van der Waals surface area contributed by atoms with E-state index >= 15 is 0 Å². The van der Waals surface area contributed by atoms with E-state index in [0.717, 1.165) is 35.2 Å². The SMILES string of the molecule is CN=C(NCc1cccc(-c2ncn[nH]2)c1)N(C)CCOc1ccccc1. The molecule has 0 radical (unpaired) electrons. The fourth-order valence-corrected chi connectivity index (χ4v) is 2.66. The average molecular weight is 364 g/mol. The zero-order valence-electron chi connectivity index (χ0n) is 15.6. The van der Waals surface area contributed by atoms with Crippen molar-refractivity contribution in [3.8, 4) is 17.1 Å². The van der Waals surface area contributed by atoms with Crippen LogP contribution in [0.1, 0.15) is 5.56 Å². The van der Waals surface area contributed by atoms with Crippen LogP contribution >= 0.6 is 0 Å². The predicted octanol–water partition coefficient (Wildman–Crippen LogP) is 2.56. The van der Waals surface area contributed by atoms with Gasteiger partial charge in [0.15, 0.2) is 11.8 Å². The van der Waals surface area contributed by atoms with Crippen molar-refractivity contribution in [1.82, 2.24) is 25.4 Å². The molecule has 0 saturated heterocycles. The number of nitrogens with zero attached hydrogens (tertiary/aromatic N) is 4. The Balaban J connectivity index is 1.50. The number of rotatable bonds is 7. The zero-order chi connectivity index (χ0) is 18.9. The molecule has 2 N–H and O–H groups in total. The van der Waals surface area contributed by atoms with Crippen LogP contribution in [0.15, 0.2) is 65.9 Å². The topological polar surface area (TPSA) is 78.4 Å². The molecule has 1 heterocycles. The van der Waals surface area contributed by atoms with E-state index in [1.165, 1.54) is 6.33 Å². The summed E-state index contributed by atoms with van der Waals surface area (Å²) in [7, 11) is 3.77. The average Bonchev–Trinajstić information content (AvgIpc) is 3.24. The maximum Gasteiger partial charge on any atom is 0.193 e. The molecule has 0 spiro atoms. The van der Waals surface area contributed by atoms with Gasteiger partial charge >= 0.3 is 0 Å². The Morgan fingerprint density at radius 1 is 1.19 bits per heavy atom. The highest BCUT2D eigenvalue weighted by Gasteiger charge is 2.07. The number of hydrogen-bond donors (Lipinski definition) is 2. The van der Waals surface area contributed by atoms with Crippen LogP contribution in [0.4, 0.5) is 0 Å². The molecule has 140 valence electrons. The highest BCUT2D eigenvalue weighted by molar-refractivity contribution is 5.79. The molecular weight excluding hydrogens is 340 g/mol. The molecule has 0 aliphatic heterocycles. The fraction of sp³-hybridized carbons (Fsp3) is 0.250. The highest BCUT2D eigenvalue weighted by Crippen LogP contribution is 2.15. The lowest BCUT2D eigenvalue weighted by atomic mass is 10.1. The van der Waals surface area contributed by atoms with E-state index in [0.29, 0.717) is 13.2 Å². The van der Waals surface area contributed by atoms with Gasteiger partial charge in [-0.3, -0.25) is 10.1 Å². The molecule has 0 bridgehead atoms. The van der Waals surface area contributed by atoms with Crippen LogP contribution in [0, 0.1) is 0 Å². The summed E-state index contributed by atoms with van der Waals surface area (Å²) in [6, 6.07) is 18.0. The second kappa shape index (κ2) is 9.38. The van der Waals surface area contributed by atoms with Crippen LogP contribution in [-0.2, 0) is 6.54 Å². The van der Waals surface area contributed by atoms with Gasteiger partial charge in [0.05, 0.1) is 6.54 Å². The lowest BCUT2D eigenvalue weighted by Gasteiger charge is -2.22. The molecule has 0 atom stereocenters. The van der Waals surface area contributed by atoms with Crippen molar-refractivity contribution in [2.45, 2.75) is 6.54 Å². The van der Waals surface area contributed by atoms with E-state index in [2.05, 4.69) is 37.6 Å². The van der Waals surface area contributed by atoms with Crippen LogP contribution < -0.4 is 10.1 Å². The van der Waals surface area contributed by atoms with Crippen molar-refractivity contribution in [2.75, 3.05) is 27.2 Å². The van der Waals surface area contributed by atoms with Gasteiger partial charge in [-0.15, -0.1) is 0 Å². The number of aromatic nitrogens is 3. The van der Waals surface area contributed by atoms with Crippen molar-refractivity contribution in [3.05, 3.63) is 66.5 Å². The van der Waals surface area contributed by atoms with E-state index < -0.39 is 0 Å². The third-order valence-corrected chi connectivity index (χ3v) is 4.08. The summed E-state index contributed by atoms with van der Waals surface area (Å²) in [5.74, 6) is 2.45. The van der Waals surface area contributed by atoms with Crippen molar-refractivity contribution >= 4 is 5.96 Å². The predicted molar refractivity (Wildman–Crippen MR) is 107 cm³/mol. The maximum absolute atomic E-state index is 5.75. The van der Waals surface area contributed by atoms with E-state index in [1.54, 1.807) is 7.05 Å². The number of likely N-dealkylation sites (N-methyl/N-ethyl adjacent to an activating group) is 1. The Morgan fingerprint density at radius 3 is 2.78 bits per heavy atom. The summed E-state index contributed by atoms with van der Waals surface area (Å²) in [5.41, 5.74) is 2.14. The number of hydrogen-bond acceptors (Lipinski definition) is 4. The first-order valence-electron chi connectivity index (χ1n) is 8.80. The molecule has 3 rings (SSSR count). The Hall–Kier alpha value is -3.35. The molecule has 27 heavy (non-hydrogen) atoms. The van der Waals surface area contributed by atoms with Crippen molar-refractivity contribution < 1.29 is 4.74 Å². The molecule has 3 aromatic rings. The van der Waals surface area contributed by atoms with Gasteiger partial charge in [-0.1, -0.05) is 36.4 Å². The second-order valence-corrected chi connectivity index (χ2v) is 6.02. The lowest BCUT2D eigenvalue weighted by molar-refractivity contribution is 0.281. The first-order valence-corrected chi connectivity index (χ1v) is 8.80. The lowest BCUT2D eigenvalue weighted by Crippen LogP contribution is -2.40. The molecule has 1 aromatic heterocycles. The van der Waals surface area contributed by atoms with Crippen LogP contribution in [0.25, 0.3) is 11.4 Å². The van der Waals surface area contributed by atoms with Crippen LogP contribution in [-0.4, -0.2) is 53.3 Å². The van der Waals surface area contributed by atoms with Gasteiger partial charge in [0.25, 0.3) is 0 Å². The van der Waals surface area contributed by atoms with Gasteiger partial charge in [-0.2, -0.15) is 5.10 Å². The highest BCUT2D eigenvalue weighted by atomic mass is 16.5. The summed E-state index contributed by atoms with van der Waals surface area (Å²) >= 11 is 0. The molecule has 0 amide bonds. The van der Waals surface area contributed by atoms with Gasteiger partial charge in [0, 0.05) is 26.2 Å². The molecule has 0 fully saturated rings. The largest absolute Gasteiger partial charge is 0.492 e. The van der Waals surface area contributed by atoms with Crippen molar-refractivity contribution in [1.29, 1.82) is 0 Å². The molecule has 0 unspecified atom stereocenters. The van der Waals surface area contributed by atoms with Crippen molar-refractivity contribution in [3.63, 3.8) is 0 Å². The Labute approximate surface area is 159 Å². The van der Waals surface area contributed by atoms with Gasteiger partial charge in [0.1, 0.15) is 18.7 Å². The fourth-order valence-electron chi connectivity index (χ4n) is 2.66. The summed E-state index contributed by atoms with van der Waals surface area (Å²) in [6.45, 7) is 1.98. The minimum Gasteiger partial charge on any atom is -0.492 e. The van der Waals surface area contributed by atoms with Crippen LogP contribution in [0.2, 0.25) is 0 Å². The van der Waals surface area contributed by atoms with Crippen molar-refractivity contribution in [2.24, 2.45) is 4.99 Å².